The van der Waals surface area contributed by atoms with Crippen LogP contribution in [0.15, 0.2) is 0 Å². The minimum Gasteiger partial charge on any atom is -0.375 e. The average Bonchev–Trinajstić information content (AvgIpc) is 2.13. The van der Waals surface area contributed by atoms with Crippen LogP contribution in [0.4, 0.5) is 8.78 Å². The fourth-order valence-corrected chi connectivity index (χ4v) is 1.00. The maximum absolute atomic E-state index is 11.6. The molecule has 0 aliphatic heterocycles. The van der Waals surface area contributed by atoms with E-state index in [1.165, 1.54) is 0 Å². The van der Waals surface area contributed by atoms with Gasteiger partial charge in [0.15, 0.2) is 0 Å². The third-order valence-corrected chi connectivity index (χ3v) is 1.91. The molecule has 1 N–H and O–H groups in total. The van der Waals surface area contributed by atoms with Gasteiger partial charge < -0.3 is 10.1 Å². The Labute approximate surface area is 90.3 Å². The second-order valence-corrected chi connectivity index (χ2v) is 3.40. The summed E-state index contributed by atoms with van der Waals surface area (Å²) in [5.74, 6) is -0.166. The molecule has 1 amide bonds. The van der Waals surface area contributed by atoms with E-state index in [4.69, 9.17) is 0 Å². The Kier molecular flexibility index (Phi) is 9.18. The van der Waals surface area contributed by atoms with Crippen LogP contribution >= 0.6 is 15.9 Å². The SMILES string of the molecule is O=C(CCOCC(F)F)NCCCBr. The summed E-state index contributed by atoms with van der Waals surface area (Å²) in [6.45, 7) is 0.0398. The summed E-state index contributed by atoms with van der Waals surface area (Å²) in [7, 11) is 0. The summed E-state index contributed by atoms with van der Waals surface area (Å²) in [6.07, 6.45) is -1.48. The molecule has 0 saturated heterocycles. The lowest BCUT2D eigenvalue weighted by Crippen LogP contribution is -2.25. The molecule has 0 aromatic heterocycles. The lowest BCUT2D eigenvalue weighted by atomic mass is 10.4. The van der Waals surface area contributed by atoms with Crippen LogP contribution in [0.25, 0.3) is 0 Å². The van der Waals surface area contributed by atoms with Gasteiger partial charge in [0.1, 0.15) is 6.61 Å². The van der Waals surface area contributed by atoms with Crippen molar-refractivity contribution in [2.75, 3.05) is 25.1 Å². The van der Waals surface area contributed by atoms with Crippen LogP contribution in [-0.4, -0.2) is 37.4 Å². The summed E-state index contributed by atoms with van der Waals surface area (Å²) in [5.41, 5.74) is 0. The monoisotopic (exact) mass is 273 g/mol. The van der Waals surface area contributed by atoms with Crippen LogP contribution < -0.4 is 5.32 Å². The van der Waals surface area contributed by atoms with Gasteiger partial charge in [-0.3, -0.25) is 4.79 Å². The first kappa shape index (κ1) is 13.8. The van der Waals surface area contributed by atoms with Gasteiger partial charge in [0.2, 0.25) is 5.91 Å². The molecule has 0 bridgehead atoms. The maximum atomic E-state index is 11.6. The molecule has 0 saturated carbocycles. The molecular weight excluding hydrogens is 260 g/mol. The maximum Gasteiger partial charge on any atom is 0.261 e. The number of carbonyl (C=O) groups excluding carboxylic acids is 1. The highest BCUT2D eigenvalue weighted by atomic mass is 79.9. The van der Waals surface area contributed by atoms with Crippen molar-refractivity contribution in [1.82, 2.24) is 5.32 Å². The number of nitrogens with one attached hydrogen (secondary N) is 1. The predicted molar refractivity (Wildman–Crippen MR) is 52.9 cm³/mol. The Morgan fingerprint density at radius 3 is 2.79 bits per heavy atom. The van der Waals surface area contributed by atoms with Crippen molar-refractivity contribution in [3.05, 3.63) is 0 Å². The number of ether oxygens (including phenoxy) is 1. The van der Waals surface area contributed by atoms with Crippen LogP contribution in [-0.2, 0) is 9.53 Å². The van der Waals surface area contributed by atoms with Gasteiger partial charge in [-0.05, 0) is 6.42 Å². The molecule has 0 aliphatic rings. The Hall–Kier alpha value is -0.230. The molecule has 0 aromatic rings. The summed E-state index contributed by atoms with van der Waals surface area (Å²) in [4.78, 5) is 11.0. The highest BCUT2D eigenvalue weighted by Gasteiger charge is 2.03. The number of alkyl halides is 3. The normalized spacial score (nSPS) is 10.6. The smallest absolute Gasteiger partial charge is 0.261 e. The van der Waals surface area contributed by atoms with Crippen molar-refractivity contribution in [3.8, 4) is 0 Å². The molecule has 84 valence electrons. The van der Waals surface area contributed by atoms with E-state index < -0.39 is 13.0 Å². The largest absolute Gasteiger partial charge is 0.375 e. The molecule has 0 radical (unpaired) electrons. The zero-order valence-corrected chi connectivity index (χ0v) is 9.36. The molecule has 0 rings (SSSR count). The second kappa shape index (κ2) is 9.33. The van der Waals surface area contributed by atoms with Gasteiger partial charge in [-0.1, -0.05) is 15.9 Å². The third kappa shape index (κ3) is 9.85. The Balaban J connectivity index is 3.18. The molecule has 0 spiro atoms. The standard InChI is InChI=1S/C8H14BrF2NO2/c9-3-1-4-12-8(13)2-5-14-6-7(10)11/h7H,1-6H2,(H,12,13). The first-order valence-corrected chi connectivity index (χ1v) is 5.47. The number of rotatable bonds is 8. The first-order valence-electron chi connectivity index (χ1n) is 4.35. The van der Waals surface area contributed by atoms with Gasteiger partial charge in [0.25, 0.3) is 6.43 Å². The van der Waals surface area contributed by atoms with Crippen LogP contribution in [0.2, 0.25) is 0 Å². The molecule has 0 heterocycles. The van der Waals surface area contributed by atoms with E-state index in [1.807, 2.05) is 0 Å². The summed E-state index contributed by atoms with van der Waals surface area (Å²) < 4.78 is 27.7. The fraction of sp³-hybridized carbons (Fsp3) is 0.875. The lowest BCUT2D eigenvalue weighted by Gasteiger charge is -2.04. The van der Waals surface area contributed by atoms with Crippen molar-refractivity contribution in [2.24, 2.45) is 0 Å². The van der Waals surface area contributed by atoms with Crippen molar-refractivity contribution < 1.29 is 18.3 Å². The van der Waals surface area contributed by atoms with E-state index in [9.17, 15) is 13.6 Å². The van der Waals surface area contributed by atoms with Crippen molar-refractivity contribution in [3.63, 3.8) is 0 Å². The van der Waals surface area contributed by atoms with Crippen molar-refractivity contribution in [1.29, 1.82) is 0 Å². The van der Waals surface area contributed by atoms with E-state index in [1.54, 1.807) is 0 Å². The predicted octanol–water partition coefficient (Wildman–Crippen LogP) is 1.56. The number of amides is 1. The van der Waals surface area contributed by atoms with Crippen molar-refractivity contribution >= 4 is 21.8 Å². The molecule has 0 fully saturated rings. The van der Waals surface area contributed by atoms with Crippen LogP contribution in [0.3, 0.4) is 0 Å². The first-order chi connectivity index (χ1) is 6.66. The van der Waals surface area contributed by atoms with Crippen LogP contribution in [0.1, 0.15) is 12.8 Å². The number of hydrogen-bond acceptors (Lipinski definition) is 2. The van der Waals surface area contributed by atoms with Gasteiger partial charge >= 0.3 is 0 Å². The lowest BCUT2D eigenvalue weighted by molar-refractivity contribution is -0.122. The summed E-state index contributed by atoms with van der Waals surface area (Å²) in [5, 5.41) is 3.46. The zero-order valence-electron chi connectivity index (χ0n) is 7.77. The summed E-state index contributed by atoms with van der Waals surface area (Å²) in [6, 6.07) is 0. The molecule has 0 aliphatic carbocycles. The number of hydrogen-bond donors (Lipinski definition) is 1. The molecule has 0 atom stereocenters. The zero-order chi connectivity index (χ0) is 10.8. The third-order valence-electron chi connectivity index (χ3n) is 1.35. The van der Waals surface area contributed by atoms with Gasteiger partial charge in [-0.15, -0.1) is 0 Å². The fourth-order valence-electron chi connectivity index (χ4n) is 0.720. The van der Waals surface area contributed by atoms with Crippen LogP contribution in [0, 0.1) is 0 Å². The Morgan fingerprint density at radius 2 is 2.21 bits per heavy atom. The topological polar surface area (TPSA) is 38.3 Å². The van der Waals surface area contributed by atoms with E-state index in [2.05, 4.69) is 26.0 Å². The molecule has 3 nitrogen and oxygen atoms in total. The second-order valence-electron chi connectivity index (χ2n) is 2.61. The Bertz CT molecular complexity index is 158. The van der Waals surface area contributed by atoms with Gasteiger partial charge in [-0.25, -0.2) is 8.78 Å². The van der Waals surface area contributed by atoms with Crippen LogP contribution in [0.5, 0.6) is 0 Å². The molecule has 6 heteroatoms. The van der Waals surface area contributed by atoms with E-state index in [-0.39, 0.29) is 18.9 Å². The Morgan fingerprint density at radius 1 is 1.50 bits per heavy atom. The summed E-state index contributed by atoms with van der Waals surface area (Å²) >= 11 is 3.22. The van der Waals surface area contributed by atoms with E-state index in [0.29, 0.717) is 6.54 Å². The van der Waals surface area contributed by atoms with E-state index in [0.717, 1.165) is 11.8 Å². The van der Waals surface area contributed by atoms with E-state index >= 15 is 0 Å². The van der Waals surface area contributed by atoms with Gasteiger partial charge in [-0.2, -0.15) is 0 Å². The molecule has 0 unspecified atom stereocenters. The molecular formula is C8H14BrF2NO2. The van der Waals surface area contributed by atoms with Gasteiger partial charge in [0, 0.05) is 18.3 Å². The van der Waals surface area contributed by atoms with Crippen molar-refractivity contribution in [2.45, 2.75) is 19.3 Å². The number of carbonyl (C=O) groups is 1. The van der Waals surface area contributed by atoms with Gasteiger partial charge in [0.05, 0.1) is 6.61 Å². The quantitative estimate of drug-likeness (QED) is 0.539. The highest BCUT2D eigenvalue weighted by molar-refractivity contribution is 9.09. The minimum atomic E-state index is -2.47. The molecule has 14 heavy (non-hydrogen) atoms. The molecule has 0 aromatic carbocycles. The highest BCUT2D eigenvalue weighted by Crippen LogP contribution is 1.93. The number of halogens is 3. The average molecular weight is 274 g/mol. The minimum absolute atomic E-state index is 0.0461.